The molecule has 0 unspecified atom stereocenters. The van der Waals surface area contributed by atoms with Crippen molar-refractivity contribution in [3.8, 4) is 0 Å². The zero-order valence-corrected chi connectivity index (χ0v) is 6.52. The molecule has 0 heterocycles. The average molecular weight is 128 g/mol. The van der Waals surface area contributed by atoms with E-state index in [2.05, 4.69) is 25.3 Å². The molecule has 54 valence electrons. The van der Waals surface area contributed by atoms with Gasteiger partial charge in [-0.3, -0.25) is 0 Å². The van der Waals surface area contributed by atoms with E-state index < -0.39 is 0 Å². The molecule has 0 fully saturated rings. The van der Waals surface area contributed by atoms with Crippen LogP contribution >= 0.6 is 0 Å². The van der Waals surface area contributed by atoms with Crippen molar-refractivity contribution in [2.45, 2.75) is 19.9 Å². The highest BCUT2D eigenvalue weighted by atomic mass is 15.1. The summed E-state index contributed by atoms with van der Waals surface area (Å²) in [6.45, 7) is 8.57. The molecule has 0 aromatic rings. The van der Waals surface area contributed by atoms with E-state index in [9.17, 15) is 0 Å². The van der Waals surface area contributed by atoms with Crippen LogP contribution in [0, 0.1) is 0 Å². The van der Waals surface area contributed by atoms with E-state index in [0.717, 1.165) is 5.70 Å². The lowest BCUT2D eigenvalue weighted by Gasteiger charge is -2.24. The smallest absolute Gasteiger partial charge is 0.0324 e. The zero-order chi connectivity index (χ0) is 7.44. The van der Waals surface area contributed by atoms with E-state index in [4.69, 9.17) is 5.73 Å². The van der Waals surface area contributed by atoms with Gasteiger partial charge in [-0.15, -0.1) is 0 Å². The summed E-state index contributed by atoms with van der Waals surface area (Å²) in [6, 6.07) is 0.501. The lowest BCUT2D eigenvalue weighted by molar-refractivity contribution is 0.341. The third-order valence-electron chi connectivity index (χ3n) is 1.51. The second kappa shape index (κ2) is 3.51. The molecule has 0 aliphatic carbocycles. The van der Waals surface area contributed by atoms with E-state index in [1.165, 1.54) is 0 Å². The Bertz CT molecular complexity index is 97.1. The maximum Gasteiger partial charge on any atom is 0.0324 e. The number of rotatable bonds is 3. The molecule has 0 bridgehead atoms. The Labute approximate surface area is 57.3 Å². The fraction of sp³-hybridized carbons (Fsp3) is 0.714. The highest BCUT2D eigenvalue weighted by Gasteiger charge is 2.02. The Kier molecular flexibility index (Phi) is 3.32. The lowest BCUT2D eigenvalue weighted by Crippen LogP contribution is -2.28. The number of hydrogen-bond acceptors (Lipinski definition) is 2. The van der Waals surface area contributed by atoms with Gasteiger partial charge in [-0.05, 0) is 13.8 Å². The highest BCUT2D eigenvalue weighted by Crippen LogP contribution is 2.00. The van der Waals surface area contributed by atoms with Gasteiger partial charge >= 0.3 is 0 Å². The molecule has 0 spiro atoms. The molecule has 9 heavy (non-hydrogen) atoms. The highest BCUT2D eigenvalue weighted by molar-refractivity contribution is 4.94. The largest absolute Gasteiger partial charge is 0.375 e. The summed E-state index contributed by atoms with van der Waals surface area (Å²) in [5.41, 5.74) is 6.36. The molecule has 0 aliphatic rings. The maximum atomic E-state index is 5.37. The molecule has 0 atom stereocenters. The monoisotopic (exact) mass is 128 g/mol. The molecule has 0 amide bonds. The molecule has 2 heteroatoms. The van der Waals surface area contributed by atoms with Gasteiger partial charge in [0.1, 0.15) is 0 Å². The van der Waals surface area contributed by atoms with Crippen LogP contribution < -0.4 is 5.73 Å². The molecular formula is C7H16N2. The number of nitrogens with zero attached hydrogens (tertiary/aromatic N) is 1. The van der Waals surface area contributed by atoms with Crippen LogP contribution in [0.3, 0.4) is 0 Å². The average Bonchev–Trinajstić information content (AvgIpc) is 1.84. The Morgan fingerprint density at radius 2 is 2.11 bits per heavy atom. The van der Waals surface area contributed by atoms with Gasteiger partial charge in [-0.25, -0.2) is 0 Å². The predicted octanol–water partition coefficient (Wildman–Crippen LogP) is 0.799. The third-order valence-corrected chi connectivity index (χ3v) is 1.51. The minimum atomic E-state index is 0.501. The van der Waals surface area contributed by atoms with E-state index in [0.29, 0.717) is 12.6 Å². The number of nitrogens with two attached hydrogens (primary N) is 1. The van der Waals surface area contributed by atoms with E-state index in [1.807, 2.05) is 7.05 Å². The molecular weight excluding hydrogens is 112 g/mol. The van der Waals surface area contributed by atoms with Gasteiger partial charge in [-0.1, -0.05) is 6.58 Å². The first-order chi connectivity index (χ1) is 4.09. The summed E-state index contributed by atoms with van der Waals surface area (Å²) in [4.78, 5) is 2.07. The quantitative estimate of drug-likeness (QED) is 0.609. The van der Waals surface area contributed by atoms with Crippen molar-refractivity contribution < 1.29 is 0 Å². The van der Waals surface area contributed by atoms with Gasteiger partial charge < -0.3 is 10.6 Å². The summed E-state index contributed by atoms with van der Waals surface area (Å²) < 4.78 is 0. The van der Waals surface area contributed by atoms with Crippen LogP contribution in [-0.4, -0.2) is 24.5 Å². The van der Waals surface area contributed by atoms with Gasteiger partial charge in [0.15, 0.2) is 0 Å². The van der Waals surface area contributed by atoms with Crippen molar-refractivity contribution in [1.82, 2.24) is 4.90 Å². The van der Waals surface area contributed by atoms with Crippen LogP contribution in [0.15, 0.2) is 12.3 Å². The lowest BCUT2D eigenvalue weighted by atomic mass is 10.3. The van der Waals surface area contributed by atoms with E-state index in [1.54, 1.807) is 0 Å². The first-order valence-electron chi connectivity index (χ1n) is 3.20. The zero-order valence-electron chi connectivity index (χ0n) is 6.52. The fourth-order valence-corrected chi connectivity index (χ4v) is 0.509. The molecule has 0 rings (SSSR count). The van der Waals surface area contributed by atoms with Crippen LogP contribution in [0.25, 0.3) is 0 Å². The maximum absolute atomic E-state index is 5.37. The van der Waals surface area contributed by atoms with Gasteiger partial charge in [-0.2, -0.15) is 0 Å². The van der Waals surface area contributed by atoms with Gasteiger partial charge in [0.05, 0.1) is 0 Å². The molecule has 2 N–H and O–H groups in total. The van der Waals surface area contributed by atoms with Crippen molar-refractivity contribution in [2.24, 2.45) is 5.73 Å². The van der Waals surface area contributed by atoms with Crippen LogP contribution in [0.2, 0.25) is 0 Å². The molecule has 0 aliphatic heterocycles. The first-order valence-corrected chi connectivity index (χ1v) is 3.20. The molecule has 0 aromatic heterocycles. The summed E-state index contributed by atoms with van der Waals surface area (Å²) in [6.07, 6.45) is 0. The standard InChI is InChI=1S/C7H16N2/c1-6(2)9(4)7(3)5-8/h6H,3,5,8H2,1-2,4H3. The summed E-state index contributed by atoms with van der Waals surface area (Å²) >= 11 is 0. The summed E-state index contributed by atoms with van der Waals surface area (Å²) in [5, 5.41) is 0. The minimum Gasteiger partial charge on any atom is -0.375 e. The van der Waals surface area contributed by atoms with Gasteiger partial charge in [0, 0.05) is 25.3 Å². The molecule has 0 saturated heterocycles. The van der Waals surface area contributed by atoms with Crippen molar-refractivity contribution in [1.29, 1.82) is 0 Å². The van der Waals surface area contributed by atoms with Crippen LogP contribution in [0.5, 0.6) is 0 Å². The van der Waals surface area contributed by atoms with Crippen LogP contribution in [-0.2, 0) is 0 Å². The SMILES string of the molecule is C=C(CN)N(C)C(C)C. The molecule has 0 radical (unpaired) electrons. The Hall–Kier alpha value is -0.500. The van der Waals surface area contributed by atoms with Crippen molar-refractivity contribution in [2.75, 3.05) is 13.6 Å². The van der Waals surface area contributed by atoms with E-state index >= 15 is 0 Å². The van der Waals surface area contributed by atoms with Crippen molar-refractivity contribution in [3.63, 3.8) is 0 Å². The van der Waals surface area contributed by atoms with Gasteiger partial charge in [0.2, 0.25) is 0 Å². The first kappa shape index (κ1) is 8.50. The van der Waals surface area contributed by atoms with Crippen molar-refractivity contribution in [3.05, 3.63) is 12.3 Å². The summed E-state index contributed by atoms with van der Waals surface area (Å²) in [7, 11) is 2.00. The summed E-state index contributed by atoms with van der Waals surface area (Å²) in [5.74, 6) is 0. The fourth-order valence-electron chi connectivity index (χ4n) is 0.509. The third kappa shape index (κ3) is 2.51. The molecule has 0 aromatic carbocycles. The molecule has 2 nitrogen and oxygen atoms in total. The second-order valence-electron chi connectivity index (χ2n) is 2.48. The van der Waals surface area contributed by atoms with Crippen molar-refractivity contribution >= 4 is 0 Å². The molecule has 0 saturated carbocycles. The normalized spacial score (nSPS) is 9.89. The topological polar surface area (TPSA) is 29.3 Å². The number of hydrogen-bond donors (Lipinski definition) is 1. The van der Waals surface area contributed by atoms with Crippen LogP contribution in [0.1, 0.15) is 13.8 Å². The predicted molar refractivity (Wildman–Crippen MR) is 41.1 cm³/mol. The van der Waals surface area contributed by atoms with Crippen LogP contribution in [0.4, 0.5) is 0 Å². The van der Waals surface area contributed by atoms with Gasteiger partial charge in [0.25, 0.3) is 0 Å². The Balaban J connectivity index is 3.72. The minimum absolute atomic E-state index is 0.501. The second-order valence-corrected chi connectivity index (χ2v) is 2.48. The Morgan fingerprint density at radius 1 is 1.67 bits per heavy atom. The van der Waals surface area contributed by atoms with E-state index in [-0.39, 0.29) is 0 Å². The number of likely N-dealkylation sites (N-methyl/N-ethyl adjacent to an activating group) is 1. The Morgan fingerprint density at radius 3 is 2.22 bits per heavy atom.